The van der Waals surface area contributed by atoms with Gasteiger partial charge in [0.05, 0.1) is 28.8 Å². The fraction of sp³-hybridized carbons (Fsp3) is 0.421. The molecule has 0 bridgehead atoms. The molecule has 164 valence electrons. The Morgan fingerprint density at radius 1 is 1.37 bits per heavy atom. The number of anilines is 1. The average Bonchev–Trinajstić information content (AvgIpc) is 2.97. The number of nitrogens with zero attached hydrogens (tertiary/aromatic N) is 4. The molecule has 0 radical (unpaired) electrons. The van der Waals surface area contributed by atoms with Crippen molar-refractivity contribution < 1.29 is 9.13 Å². The SMILES string of the molecule is CCOc1c(C(C)n2nc(C)c3c(N)ncnc32)cc(Cl)c(F)c1C1CNC1.Cl.Cl. The van der Waals surface area contributed by atoms with Gasteiger partial charge in [-0.25, -0.2) is 19.0 Å². The fourth-order valence-electron chi connectivity index (χ4n) is 3.69. The Morgan fingerprint density at radius 2 is 2.07 bits per heavy atom. The lowest BCUT2D eigenvalue weighted by Gasteiger charge is -2.31. The molecule has 1 aromatic carbocycles. The largest absolute Gasteiger partial charge is 0.493 e. The smallest absolute Gasteiger partial charge is 0.164 e. The minimum atomic E-state index is -0.416. The van der Waals surface area contributed by atoms with Crippen LogP contribution in [-0.4, -0.2) is 39.4 Å². The molecule has 1 unspecified atom stereocenters. The summed E-state index contributed by atoms with van der Waals surface area (Å²) in [5, 5.41) is 8.58. The van der Waals surface area contributed by atoms with Gasteiger partial charge in [-0.1, -0.05) is 11.6 Å². The first-order chi connectivity index (χ1) is 13.4. The predicted octanol–water partition coefficient (Wildman–Crippen LogP) is 4.05. The lowest BCUT2D eigenvalue weighted by molar-refractivity contribution is 0.314. The average molecular weight is 478 g/mol. The summed E-state index contributed by atoms with van der Waals surface area (Å²) in [5.74, 6) is 0.525. The number of aromatic nitrogens is 4. The molecule has 11 heteroatoms. The van der Waals surface area contributed by atoms with Gasteiger partial charge in [-0.3, -0.25) is 0 Å². The number of aryl methyl sites for hydroxylation is 1. The Balaban J connectivity index is 0.00000160. The van der Waals surface area contributed by atoms with E-state index in [4.69, 9.17) is 22.1 Å². The Labute approximate surface area is 191 Å². The molecule has 0 aliphatic carbocycles. The number of benzene rings is 1. The lowest BCUT2D eigenvalue weighted by Crippen LogP contribution is -2.40. The van der Waals surface area contributed by atoms with Gasteiger partial charge in [0.1, 0.15) is 23.7 Å². The molecule has 7 nitrogen and oxygen atoms in total. The van der Waals surface area contributed by atoms with Crippen molar-refractivity contribution in [2.75, 3.05) is 25.4 Å². The third-order valence-electron chi connectivity index (χ3n) is 5.22. The van der Waals surface area contributed by atoms with Crippen molar-refractivity contribution in [3.8, 4) is 5.75 Å². The van der Waals surface area contributed by atoms with Crippen molar-refractivity contribution in [3.05, 3.63) is 40.1 Å². The number of hydrogen-bond donors (Lipinski definition) is 2. The summed E-state index contributed by atoms with van der Waals surface area (Å²) >= 11 is 6.27. The Hall–Kier alpha value is -1.87. The number of fused-ring (bicyclic) bond motifs is 1. The standard InChI is InChI=1S/C19H22ClFN6O.2ClH/c1-4-28-17-12(5-13(20)16(21)15(17)11-6-23-7-11)10(3)27-19-14(9(2)26-27)18(22)24-8-25-19;;/h5,8,10-11,23H,4,6-7H2,1-3H3,(H2,22,24,25);2*1H. The highest BCUT2D eigenvalue weighted by atomic mass is 35.5. The minimum Gasteiger partial charge on any atom is -0.493 e. The number of ether oxygens (including phenoxy) is 1. The highest BCUT2D eigenvalue weighted by Gasteiger charge is 2.32. The second kappa shape index (κ2) is 9.51. The van der Waals surface area contributed by atoms with E-state index in [1.807, 2.05) is 20.8 Å². The highest BCUT2D eigenvalue weighted by Crippen LogP contribution is 2.42. The topological polar surface area (TPSA) is 90.9 Å². The predicted molar refractivity (Wildman–Crippen MR) is 121 cm³/mol. The van der Waals surface area contributed by atoms with Gasteiger partial charge in [-0.15, -0.1) is 24.8 Å². The van der Waals surface area contributed by atoms with Crippen molar-refractivity contribution in [2.24, 2.45) is 0 Å². The molecule has 1 aliphatic rings. The van der Waals surface area contributed by atoms with E-state index in [0.717, 1.165) is 11.3 Å². The van der Waals surface area contributed by atoms with Gasteiger partial charge < -0.3 is 15.8 Å². The summed E-state index contributed by atoms with van der Waals surface area (Å²) in [6.07, 6.45) is 1.41. The van der Waals surface area contributed by atoms with E-state index in [0.29, 0.717) is 47.9 Å². The Morgan fingerprint density at radius 3 is 2.67 bits per heavy atom. The van der Waals surface area contributed by atoms with Crippen LogP contribution in [-0.2, 0) is 0 Å². The quantitative estimate of drug-likeness (QED) is 0.576. The molecule has 0 saturated carbocycles. The molecule has 1 aliphatic heterocycles. The van der Waals surface area contributed by atoms with Crippen LogP contribution >= 0.6 is 36.4 Å². The Kier molecular flexibility index (Phi) is 7.74. The maximum atomic E-state index is 14.9. The van der Waals surface area contributed by atoms with E-state index in [-0.39, 0.29) is 41.8 Å². The zero-order valence-electron chi connectivity index (χ0n) is 16.8. The molecule has 3 aromatic rings. The number of nitrogens with one attached hydrogen (secondary N) is 1. The molecule has 2 aromatic heterocycles. The first-order valence-corrected chi connectivity index (χ1v) is 9.62. The molecule has 0 amide bonds. The van der Waals surface area contributed by atoms with Gasteiger partial charge in [0.25, 0.3) is 0 Å². The molecular formula is C19H24Cl3FN6O. The van der Waals surface area contributed by atoms with Crippen molar-refractivity contribution in [3.63, 3.8) is 0 Å². The molecule has 3 N–H and O–H groups in total. The van der Waals surface area contributed by atoms with Gasteiger partial charge in [-0.2, -0.15) is 5.10 Å². The second-order valence-electron chi connectivity index (χ2n) is 6.96. The maximum Gasteiger partial charge on any atom is 0.164 e. The molecule has 1 atom stereocenters. The van der Waals surface area contributed by atoms with Crippen LogP contribution in [0.5, 0.6) is 5.75 Å². The number of hydrogen-bond acceptors (Lipinski definition) is 6. The van der Waals surface area contributed by atoms with E-state index in [1.165, 1.54) is 6.33 Å². The van der Waals surface area contributed by atoms with Gasteiger partial charge in [0, 0.05) is 30.1 Å². The molecule has 1 saturated heterocycles. The highest BCUT2D eigenvalue weighted by molar-refractivity contribution is 6.31. The van der Waals surface area contributed by atoms with Gasteiger partial charge in [0.15, 0.2) is 5.65 Å². The van der Waals surface area contributed by atoms with Crippen LogP contribution in [0.2, 0.25) is 5.02 Å². The van der Waals surface area contributed by atoms with E-state index in [9.17, 15) is 4.39 Å². The summed E-state index contributed by atoms with van der Waals surface area (Å²) in [7, 11) is 0. The van der Waals surface area contributed by atoms with Gasteiger partial charge >= 0.3 is 0 Å². The van der Waals surface area contributed by atoms with E-state index in [1.54, 1.807) is 10.7 Å². The molecular weight excluding hydrogens is 454 g/mol. The monoisotopic (exact) mass is 476 g/mol. The number of halogens is 4. The van der Waals surface area contributed by atoms with Crippen LogP contribution in [0, 0.1) is 12.7 Å². The van der Waals surface area contributed by atoms with E-state index >= 15 is 0 Å². The second-order valence-corrected chi connectivity index (χ2v) is 7.36. The minimum absolute atomic E-state index is 0. The maximum absolute atomic E-state index is 14.9. The zero-order chi connectivity index (χ0) is 20.0. The number of nitrogen functional groups attached to an aromatic ring is 1. The molecule has 0 spiro atoms. The molecule has 4 rings (SSSR count). The first-order valence-electron chi connectivity index (χ1n) is 9.24. The third kappa shape index (κ3) is 3.89. The van der Waals surface area contributed by atoms with Crippen LogP contribution in [0.4, 0.5) is 10.2 Å². The summed E-state index contributed by atoms with van der Waals surface area (Å²) in [6, 6.07) is 1.33. The number of nitrogens with two attached hydrogens (primary N) is 1. The summed E-state index contributed by atoms with van der Waals surface area (Å²) in [5.41, 5.74) is 8.65. The Bertz CT molecular complexity index is 1060. The van der Waals surface area contributed by atoms with E-state index in [2.05, 4.69) is 20.4 Å². The summed E-state index contributed by atoms with van der Waals surface area (Å²) in [6.45, 7) is 7.50. The summed E-state index contributed by atoms with van der Waals surface area (Å²) in [4.78, 5) is 8.41. The zero-order valence-corrected chi connectivity index (χ0v) is 19.2. The van der Waals surface area contributed by atoms with Crippen molar-refractivity contribution in [1.82, 2.24) is 25.1 Å². The lowest BCUT2D eigenvalue weighted by atomic mass is 9.89. The van der Waals surface area contributed by atoms with Gasteiger partial charge in [-0.05, 0) is 26.8 Å². The van der Waals surface area contributed by atoms with E-state index < -0.39 is 5.82 Å². The van der Waals surface area contributed by atoms with Crippen molar-refractivity contribution >= 4 is 53.3 Å². The van der Waals surface area contributed by atoms with Crippen LogP contribution < -0.4 is 15.8 Å². The van der Waals surface area contributed by atoms with Crippen LogP contribution in [0.25, 0.3) is 11.0 Å². The van der Waals surface area contributed by atoms with Crippen molar-refractivity contribution in [2.45, 2.75) is 32.7 Å². The molecule has 3 heterocycles. The number of rotatable bonds is 5. The van der Waals surface area contributed by atoms with Crippen LogP contribution in [0.3, 0.4) is 0 Å². The van der Waals surface area contributed by atoms with Crippen LogP contribution in [0.1, 0.15) is 42.6 Å². The van der Waals surface area contributed by atoms with Crippen molar-refractivity contribution in [1.29, 1.82) is 0 Å². The molecule has 30 heavy (non-hydrogen) atoms. The molecule has 1 fully saturated rings. The van der Waals surface area contributed by atoms with Gasteiger partial charge in [0.2, 0.25) is 0 Å². The van der Waals surface area contributed by atoms with Crippen LogP contribution in [0.15, 0.2) is 12.4 Å². The normalized spacial score (nSPS) is 14.6. The summed E-state index contributed by atoms with van der Waals surface area (Å²) < 4.78 is 22.6. The third-order valence-corrected chi connectivity index (χ3v) is 5.50. The fourth-order valence-corrected chi connectivity index (χ4v) is 3.91. The first kappa shape index (κ1) is 24.4.